The van der Waals surface area contributed by atoms with Crippen molar-refractivity contribution in [3.8, 4) is 0 Å². The van der Waals surface area contributed by atoms with E-state index in [0.29, 0.717) is 17.5 Å². The van der Waals surface area contributed by atoms with Gasteiger partial charge in [0.2, 0.25) is 0 Å². The van der Waals surface area contributed by atoms with Crippen LogP contribution in [0.15, 0.2) is 9.95 Å². The Labute approximate surface area is 121 Å². The number of likely N-dealkylation sites (N-methyl/N-ethyl adjacent to an activating group) is 1. The minimum atomic E-state index is -0.701. The van der Waals surface area contributed by atoms with E-state index in [2.05, 4.69) is 15.5 Å². The summed E-state index contributed by atoms with van der Waals surface area (Å²) < 4.78 is 6.50. The Morgan fingerprint density at radius 2 is 2.35 bits per heavy atom. The van der Waals surface area contributed by atoms with Crippen LogP contribution in [0.1, 0.15) is 19.8 Å². The van der Waals surface area contributed by atoms with Crippen LogP contribution in [0.4, 0.5) is 0 Å². The second-order valence-corrected chi connectivity index (χ2v) is 5.77. The molecule has 0 amide bonds. The number of methoxy groups -OCH3 is 1. The summed E-state index contributed by atoms with van der Waals surface area (Å²) >= 11 is 1.39. The number of ether oxygens (including phenoxy) is 1. The molecule has 0 aromatic carbocycles. The molecule has 0 bridgehead atoms. The number of nitrogens with zero attached hydrogens (tertiary/aromatic N) is 2. The Morgan fingerprint density at radius 3 is 2.85 bits per heavy atom. The fourth-order valence-electron chi connectivity index (χ4n) is 2.35. The minimum absolute atomic E-state index is 0.227. The highest BCUT2D eigenvalue weighted by Gasteiger charge is 2.51. The van der Waals surface area contributed by atoms with Crippen molar-refractivity contribution < 1.29 is 9.53 Å². The van der Waals surface area contributed by atoms with E-state index < -0.39 is 5.54 Å². The molecule has 2 N–H and O–H groups in total. The molecule has 8 heteroatoms. The molecule has 2 rings (SSSR count). The average molecular weight is 300 g/mol. The van der Waals surface area contributed by atoms with Gasteiger partial charge in [-0.3, -0.25) is 9.36 Å². The SMILES string of the molecule is CCn1c(SCC(NC)(C(=O)OC)C2CC2)n[nH]c1=O. The molecule has 0 aliphatic heterocycles. The number of hydrogen-bond donors (Lipinski definition) is 2. The number of nitrogens with one attached hydrogen (secondary N) is 2. The number of carbonyl (C=O) groups excluding carboxylic acids is 1. The van der Waals surface area contributed by atoms with E-state index in [1.54, 1.807) is 11.6 Å². The highest BCUT2D eigenvalue weighted by molar-refractivity contribution is 7.99. The number of aromatic nitrogens is 3. The van der Waals surface area contributed by atoms with Crippen molar-refractivity contribution in [1.82, 2.24) is 20.1 Å². The predicted octanol–water partition coefficient (Wildman–Crippen LogP) is 0.225. The maximum atomic E-state index is 12.1. The summed E-state index contributed by atoms with van der Waals surface area (Å²) in [6.45, 7) is 2.43. The van der Waals surface area contributed by atoms with E-state index in [9.17, 15) is 9.59 Å². The van der Waals surface area contributed by atoms with Crippen molar-refractivity contribution in [2.75, 3.05) is 19.9 Å². The lowest BCUT2D eigenvalue weighted by molar-refractivity contribution is -0.148. The normalized spacial score (nSPS) is 17.8. The van der Waals surface area contributed by atoms with Crippen molar-refractivity contribution in [2.24, 2.45) is 5.92 Å². The van der Waals surface area contributed by atoms with Crippen LogP contribution in [-0.2, 0) is 16.1 Å². The van der Waals surface area contributed by atoms with Crippen LogP contribution in [0, 0.1) is 5.92 Å². The molecule has 1 aliphatic carbocycles. The molecule has 7 nitrogen and oxygen atoms in total. The van der Waals surface area contributed by atoms with E-state index in [0.717, 1.165) is 12.8 Å². The Morgan fingerprint density at radius 1 is 1.65 bits per heavy atom. The van der Waals surface area contributed by atoms with Crippen LogP contribution >= 0.6 is 11.8 Å². The topological polar surface area (TPSA) is 89.0 Å². The van der Waals surface area contributed by atoms with Crippen LogP contribution in [0.5, 0.6) is 0 Å². The standard InChI is InChI=1S/C12H20N4O3S/c1-4-16-10(18)14-15-11(16)20-7-12(13-2,8-5-6-8)9(17)19-3/h8,13H,4-7H2,1-3H3,(H,14,18). The first-order chi connectivity index (χ1) is 9.58. The van der Waals surface area contributed by atoms with Crippen molar-refractivity contribution in [3.05, 3.63) is 10.5 Å². The molecular formula is C12H20N4O3S. The molecule has 112 valence electrons. The maximum Gasteiger partial charge on any atom is 0.343 e. The molecule has 1 heterocycles. The Balaban J connectivity index is 2.16. The number of thioether (sulfide) groups is 1. The molecule has 1 atom stereocenters. The highest BCUT2D eigenvalue weighted by Crippen LogP contribution is 2.42. The van der Waals surface area contributed by atoms with Gasteiger partial charge in [-0.15, -0.1) is 5.10 Å². The van der Waals surface area contributed by atoms with Crippen LogP contribution in [-0.4, -0.2) is 46.2 Å². The van der Waals surface area contributed by atoms with E-state index in [-0.39, 0.29) is 17.6 Å². The van der Waals surface area contributed by atoms with Crippen LogP contribution in [0.25, 0.3) is 0 Å². The molecule has 0 radical (unpaired) electrons. The van der Waals surface area contributed by atoms with Gasteiger partial charge in [-0.1, -0.05) is 11.8 Å². The number of H-pyrrole nitrogens is 1. The first-order valence-corrected chi connectivity index (χ1v) is 7.63. The Kier molecular flexibility index (Phi) is 4.54. The van der Waals surface area contributed by atoms with Gasteiger partial charge >= 0.3 is 11.7 Å². The number of aromatic amines is 1. The zero-order valence-corrected chi connectivity index (χ0v) is 12.7. The van der Waals surface area contributed by atoms with Crippen LogP contribution < -0.4 is 11.0 Å². The molecule has 1 saturated carbocycles. The highest BCUT2D eigenvalue weighted by atomic mass is 32.2. The zero-order chi connectivity index (χ0) is 14.8. The fourth-order valence-corrected chi connectivity index (χ4v) is 3.68. The quantitative estimate of drug-likeness (QED) is 0.553. The predicted molar refractivity (Wildman–Crippen MR) is 75.8 cm³/mol. The largest absolute Gasteiger partial charge is 0.468 e. The van der Waals surface area contributed by atoms with Gasteiger partial charge in [-0.25, -0.2) is 9.89 Å². The molecule has 1 fully saturated rings. The van der Waals surface area contributed by atoms with E-state index >= 15 is 0 Å². The third kappa shape index (κ3) is 2.62. The lowest BCUT2D eigenvalue weighted by Gasteiger charge is -2.30. The van der Waals surface area contributed by atoms with Gasteiger partial charge in [0.25, 0.3) is 0 Å². The first-order valence-electron chi connectivity index (χ1n) is 6.64. The Bertz CT molecular complexity index is 537. The van der Waals surface area contributed by atoms with E-state index in [1.807, 2.05) is 6.92 Å². The molecule has 1 aromatic heterocycles. The van der Waals surface area contributed by atoms with E-state index in [1.165, 1.54) is 18.9 Å². The zero-order valence-electron chi connectivity index (χ0n) is 11.9. The average Bonchev–Trinajstić information content (AvgIpc) is 3.24. The smallest absolute Gasteiger partial charge is 0.343 e. The summed E-state index contributed by atoms with van der Waals surface area (Å²) in [4.78, 5) is 23.7. The molecule has 1 aliphatic rings. The fraction of sp³-hybridized carbons (Fsp3) is 0.750. The van der Waals surface area contributed by atoms with Crippen LogP contribution in [0.2, 0.25) is 0 Å². The van der Waals surface area contributed by atoms with Crippen molar-refractivity contribution >= 4 is 17.7 Å². The summed E-state index contributed by atoms with van der Waals surface area (Å²) in [6.07, 6.45) is 2.02. The third-order valence-corrected chi connectivity index (χ3v) is 4.91. The molecule has 0 spiro atoms. The summed E-state index contributed by atoms with van der Waals surface area (Å²) in [5.41, 5.74) is -0.929. The summed E-state index contributed by atoms with van der Waals surface area (Å²) in [5.74, 6) is 0.523. The number of hydrogen-bond acceptors (Lipinski definition) is 6. The van der Waals surface area contributed by atoms with Crippen molar-refractivity contribution in [3.63, 3.8) is 0 Å². The number of rotatable bonds is 7. The monoisotopic (exact) mass is 300 g/mol. The second kappa shape index (κ2) is 6.01. The van der Waals surface area contributed by atoms with Gasteiger partial charge in [0.05, 0.1) is 7.11 Å². The summed E-state index contributed by atoms with van der Waals surface area (Å²) in [5, 5.41) is 10.1. The number of carbonyl (C=O) groups is 1. The third-order valence-electron chi connectivity index (χ3n) is 3.74. The molecule has 20 heavy (non-hydrogen) atoms. The van der Waals surface area contributed by atoms with Gasteiger partial charge < -0.3 is 10.1 Å². The van der Waals surface area contributed by atoms with Gasteiger partial charge in [-0.2, -0.15) is 0 Å². The van der Waals surface area contributed by atoms with E-state index in [4.69, 9.17) is 4.74 Å². The molecule has 1 aromatic rings. The molecule has 0 saturated heterocycles. The van der Waals surface area contributed by atoms with Gasteiger partial charge in [0, 0.05) is 12.3 Å². The first kappa shape index (κ1) is 15.1. The second-order valence-electron chi connectivity index (χ2n) is 4.83. The lowest BCUT2D eigenvalue weighted by Crippen LogP contribution is -2.55. The van der Waals surface area contributed by atoms with Crippen LogP contribution in [0.3, 0.4) is 0 Å². The van der Waals surface area contributed by atoms with Gasteiger partial charge in [-0.05, 0) is 32.7 Å². The summed E-state index contributed by atoms with van der Waals surface area (Å²) in [6, 6.07) is 0. The molecular weight excluding hydrogens is 280 g/mol. The van der Waals surface area contributed by atoms with Crippen molar-refractivity contribution in [2.45, 2.75) is 37.0 Å². The van der Waals surface area contributed by atoms with Gasteiger partial charge in [0.1, 0.15) is 5.54 Å². The van der Waals surface area contributed by atoms with Crippen molar-refractivity contribution in [1.29, 1.82) is 0 Å². The maximum absolute atomic E-state index is 12.1. The lowest BCUT2D eigenvalue weighted by atomic mass is 9.96. The minimum Gasteiger partial charge on any atom is -0.468 e. The number of esters is 1. The Hall–Kier alpha value is -1.28. The summed E-state index contributed by atoms with van der Waals surface area (Å²) in [7, 11) is 3.17. The van der Waals surface area contributed by atoms with Gasteiger partial charge in [0.15, 0.2) is 5.16 Å². The molecule has 1 unspecified atom stereocenters.